The summed E-state index contributed by atoms with van der Waals surface area (Å²) in [5.74, 6) is -0.978. The summed E-state index contributed by atoms with van der Waals surface area (Å²) in [6, 6.07) is 0. The Morgan fingerprint density at radius 3 is 2.78 bits per heavy atom. The lowest BCUT2D eigenvalue weighted by Crippen LogP contribution is -2.60. The maximum absolute atomic E-state index is 12.9. The van der Waals surface area contributed by atoms with Crippen molar-refractivity contribution in [1.29, 1.82) is 0 Å². The summed E-state index contributed by atoms with van der Waals surface area (Å²) in [6.07, 6.45) is 2.01. The monoisotopic (exact) mass is 474 g/mol. The lowest BCUT2D eigenvalue weighted by Gasteiger charge is -2.38. The standard InChI is InChI=1S/C20H31N2O9P/c1-13(2)29-17(25)7-5-4-6-10-27-32(26)28-12-15-18(31-32)20(3,21)19(30-15)22-9-8-14(23)11-16(22)24/h8-9,13,15,18-19H,4-7,10-12,21H2,1-3H3/t15-,18-,19-,20-,32+/m1/s1. The van der Waals surface area contributed by atoms with Gasteiger partial charge in [0.05, 0.1) is 31.3 Å². The number of nitrogens with two attached hydrogens (primary N) is 1. The number of carbonyl (C=O) groups excluding carboxylic acids is 3. The van der Waals surface area contributed by atoms with Crippen molar-refractivity contribution in [2.24, 2.45) is 5.73 Å². The molecule has 0 radical (unpaired) electrons. The van der Waals surface area contributed by atoms with Crippen LogP contribution >= 0.6 is 7.82 Å². The van der Waals surface area contributed by atoms with Crippen molar-refractivity contribution in [1.82, 2.24) is 4.90 Å². The molecule has 3 heterocycles. The Morgan fingerprint density at radius 2 is 2.09 bits per heavy atom. The molecule has 0 unspecified atom stereocenters. The number of ketones is 1. The highest BCUT2D eigenvalue weighted by Gasteiger charge is 2.60. The Kier molecular flexibility index (Phi) is 7.90. The molecule has 0 spiro atoms. The van der Waals surface area contributed by atoms with Gasteiger partial charge in [0.15, 0.2) is 12.0 Å². The highest BCUT2D eigenvalue weighted by Crippen LogP contribution is 2.57. The Hall–Kier alpha value is -1.62. The maximum Gasteiger partial charge on any atom is 0.475 e. The number of nitrogens with zero attached hydrogens (tertiary/aromatic N) is 1. The van der Waals surface area contributed by atoms with Gasteiger partial charge in [-0.15, -0.1) is 0 Å². The van der Waals surface area contributed by atoms with Crippen molar-refractivity contribution >= 4 is 25.5 Å². The first kappa shape index (κ1) is 25.0. The van der Waals surface area contributed by atoms with Gasteiger partial charge in [0, 0.05) is 12.6 Å². The molecule has 0 aromatic rings. The van der Waals surface area contributed by atoms with E-state index in [1.54, 1.807) is 20.8 Å². The predicted molar refractivity (Wildman–Crippen MR) is 111 cm³/mol. The van der Waals surface area contributed by atoms with Crippen LogP contribution in [-0.2, 0) is 42.0 Å². The number of rotatable bonds is 9. The Labute approximate surface area is 187 Å². The minimum absolute atomic E-state index is 0.0725. The summed E-state index contributed by atoms with van der Waals surface area (Å²) in [5, 5.41) is 0. The van der Waals surface area contributed by atoms with Gasteiger partial charge >= 0.3 is 13.8 Å². The van der Waals surface area contributed by atoms with Crippen LogP contribution in [0.4, 0.5) is 0 Å². The number of unbranched alkanes of at least 4 members (excludes halogenated alkanes) is 2. The SMILES string of the molecule is CC(C)OC(=O)CCCCCO[P@@]1(=O)OC[C@H]2O[C@@H](N3C=CC(=O)CC3=O)[C@](C)(N)[C@@H]2O1. The van der Waals surface area contributed by atoms with Gasteiger partial charge in [0.1, 0.15) is 12.2 Å². The molecule has 5 atom stereocenters. The molecule has 0 bridgehead atoms. The fourth-order valence-corrected chi connectivity index (χ4v) is 5.32. The summed E-state index contributed by atoms with van der Waals surface area (Å²) < 4.78 is 40.2. The first-order valence-corrected chi connectivity index (χ1v) is 12.2. The van der Waals surface area contributed by atoms with E-state index in [-0.39, 0.29) is 37.5 Å². The third-order valence-electron chi connectivity index (χ3n) is 5.36. The van der Waals surface area contributed by atoms with Crippen LogP contribution in [0.5, 0.6) is 0 Å². The number of phosphoric acid groups is 1. The fourth-order valence-electron chi connectivity index (χ4n) is 3.80. The number of ether oxygens (including phenoxy) is 2. The number of phosphoric ester groups is 1. The molecule has 2 fully saturated rings. The third-order valence-corrected chi connectivity index (χ3v) is 6.80. The van der Waals surface area contributed by atoms with E-state index < -0.39 is 37.7 Å². The van der Waals surface area contributed by atoms with Crippen LogP contribution < -0.4 is 5.73 Å². The summed E-state index contributed by atoms with van der Waals surface area (Å²) in [6.45, 7) is 5.27. The number of hydrogen-bond acceptors (Lipinski definition) is 10. The van der Waals surface area contributed by atoms with Gasteiger partial charge in [-0.25, -0.2) is 4.57 Å². The number of hydrogen-bond donors (Lipinski definition) is 1. The van der Waals surface area contributed by atoms with Crippen LogP contribution in [-0.4, -0.2) is 65.9 Å². The van der Waals surface area contributed by atoms with E-state index in [1.165, 1.54) is 17.2 Å². The summed E-state index contributed by atoms with van der Waals surface area (Å²) in [4.78, 5) is 36.5. The van der Waals surface area contributed by atoms with Gasteiger partial charge in [0.2, 0.25) is 5.91 Å². The van der Waals surface area contributed by atoms with E-state index in [9.17, 15) is 18.9 Å². The molecule has 1 amide bonds. The molecule has 0 aromatic heterocycles. The van der Waals surface area contributed by atoms with Gasteiger partial charge in [-0.05, 0) is 39.7 Å². The molecule has 0 saturated carbocycles. The third kappa shape index (κ3) is 5.84. The molecule has 2 N–H and O–H groups in total. The quantitative estimate of drug-likeness (QED) is 0.227. The Morgan fingerprint density at radius 1 is 1.34 bits per heavy atom. The second-order valence-corrected chi connectivity index (χ2v) is 10.2. The molecule has 0 aromatic carbocycles. The molecule has 3 aliphatic heterocycles. The molecular formula is C20H31N2O9P. The lowest BCUT2D eigenvalue weighted by molar-refractivity contribution is -0.148. The molecule has 32 heavy (non-hydrogen) atoms. The van der Waals surface area contributed by atoms with Crippen molar-refractivity contribution in [3.05, 3.63) is 12.3 Å². The zero-order valence-electron chi connectivity index (χ0n) is 18.6. The smallest absolute Gasteiger partial charge is 0.463 e. The van der Waals surface area contributed by atoms with Crippen LogP contribution in [0, 0.1) is 0 Å². The number of esters is 1. The first-order chi connectivity index (χ1) is 15.0. The molecule has 3 rings (SSSR count). The molecule has 2 saturated heterocycles. The normalized spacial score (nSPS) is 34.8. The summed E-state index contributed by atoms with van der Waals surface area (Å²) in [5.41, 5.74) is 5.23. The Balaban J connectivity index is 1.49. The fraction of sp³-hybridized carbons (Fsp3) is 0.750. The van der Waals surface area contributed by atoms with Gasteiger partial charge < -0.3 is 15.2 Å². The largest absolute Gasteiger partial charge is 0.475 e. The zero-order chi connectivity index (χ0) is 23.5. The highest BCUT2D eigenvalue weighted by atomic mass is 31.2. The average molecular weight is 474 g/mol. The van der Waals surface area contributed by atoms with E-state index in [1.807, 2.05) is 0 Å². The second-order valence-electron chi connectivity index (χ2n) is 8.60. The zero-order valence-corrected chi connectivity index (χ0v) is 19.5. The van der Waals surface area contributed by atoms with E-state index in [0.717, 1.165) is 0 Å². The van der Waals surface area contributed by atoms with Crippen molar-refractivity contribution < 1.29 is 42.0 Å². The van der Waals surface area contributed by atoms with Crippen molar-refractivity contribution in [3.63, 3.8) is 0 Å². The van der Waals surface area contributed by atoms with Gasteiger partial charge in [-0.1, -0.05) is 6.42 Å². The van der Waals surface area contributed by atoms with Crippen LogP contribution in [0.3, 0.4) is 0 Å². The van der Waals surface area contributed by atoms with Crippen LogP contribution in [0.1, 0.15) is 52.9 Å². The Bertz CT molecular complexity index is 813. The lowest BCUT2D eigenvalue weighted by atomic mass is 9.92. The van der Waals surface area contributed by atoms with E-state index in [0.29, 0.717) is 25.7 Å². The van der Waals surface area contributed by atoms with Crippen molar-refractivity contribution in [2.75, 3.05) is 13.2 Å². The number of carbonyl (C=O) groups is 3. The predicted octanol–water partition coefficient (Wildman–Crippen LogP) is 1.80. The van der Waals surface area contributed by atoms with Gasteiger partial charge in [-0.2, -0.15) is 0 Å². The summed E-state index contributed by atoms with van der Waals surface area (Å²) in [7, 11) is -3.87. The minimum Gasteiger partial charge on any atom is -0.463 e. The van der Waals surface area contributed by atoms with Crippen LogP contribution in [0.2, 0.25) is 0 Å². The summed E-state index contributed by atoms with van der Waals surface area (Å²) >= 11 is 0. The van der Waals surface area contributed by atoms with Gasteiger partial charge in [0.25, 0.3) is 0 Å². The minimum atomic E-state index is -3.87. The second kappa shape index (κ2) is 10.1. The molecule has 3 aliphatic rings. The van der Waals surface area contributed by atoms with Gasteiger partial charge in [-0.3, -0.25) is 32.9 Å². The topological polar surface area (TPSA) is 144 Å². The number of fused-ring (bicyclic) bond motifs is 1. The highest BCUT2D eigenvalue weighted by molar-refractivity contribution is 7.48. The molecular weight excluding hydrogens is 443 g/mol. The van der Waals surface area contributed by atoms with Crippen molar-refractivity contribution in [2.45, 2.75) is 83.0 Å². The molecule has 180 valence electrons. The van der Waals surface area contributed by atoms with E-state index >= 15 is 0 Å². The van der Waals surface area contributed by atoms with Crippen molar-refractivity contribution in [3.8, 4) is 0 Å². The number of amides is 1. The van der Waals surface area contributed by atoms with Crippen LogP contribution in [0.15, 0.2) is 12.3 Å². The molecule has 11 nitrogen and oxygen atoms in total. The molecule has 12 heteroatoms. The van der Waals surface area contributed by atoms with Crippen LogP contribution in [0.25, 0.3) is 0 Å². The first-order valence-electron chi connectivity index (χ1n) is 10.8. The van der Waals surface area contributed by atoms with E-state index in [4.69, 9.17) is 28.8 Å². The average Bonchev–Trinajstić information content (AvgIpc) is 2.94. The number of allylic oxidation sites excluding steroid dienone is 1. The molecule has 0 aliphatic carbocycles. The van der Waals surface area contributed by atoms with E-state index in [2.05, 4.69) is 0 Å². The maximum atomic E-state index is 12.9.